The summed E-state index contributed by atoms with van der Waals surface area (Å²) in [5.41, 5.74) is 0. The Balaban J connectivity index is 2.13. The summed E-state index contributed by atoms with van der Waals surface area (Å²) in [7, 11) is 0. The standard InChI is InChI=1S/C12H18BrNO2/c1-3-4-7-15-9-6-14-10(2)12-11(13)5-8-16-12/h3,5,8,10,14H,1,4,6-7,9H2,2H3. The van der Waals surface area contributed by atoms with Crippen molar-refractivity contribution in [2.24, 2.45) is 0 Å². The van der Waals surface area contributed by atoms with Crippen molar-refractivity contribution >= 4 is 15.9 Å². The zero-order valence-corrected chi connectivity index (χ0v) is 11.1. The highest BCUT2D eigenvalue weighted by Crippen LogP contribution is 2.23. The lowest BCUT2D eigenvalue weighted by molar-refractivity contribution is 0.138. The quantitative estimate of drug-likeness (QED) is 0.589. The van der Waals surface area contributed by atoms with E-state index in [0.29, 0.717) is 6.61 Å². The molecule has 0 fully saturated rings. The van der Waals surface area contributed by atoms with Gasteiger partial charge in [0.25, 0.3) is 0 Å². The second-order valence-electron chi connectivity index (χ2n) is 3.50. The molecule has 0 aromatic carbocycles. The van der Waals surface area contributed by atoms with E-state index in [9.17, 15) is 0 Å². The van der Waals surface area contributed by atoms with Crippen LogP contribution in [0.2, 0.25) is 0 Å². The predicted octanol–water partition coefficient (Wildman–Crippen LogP) is 3.29. The van der Waals surface area contributed by atoms with E-state index < -0.39 is 0 Å². The molecule has 0 aliphatic rings. The largest absolute Gasteiger partial charge is 0.466 e. The number of hydrogen-bond acceptors (Lipinski definition) is 3. The summed E-state index contributed by atoms with van der Waals surface area (Å²) in [4.78, 5) is 0. The molecule has 0 radical (unpaired) electrons. The zero-order valence-electron chi connectivity index (χ0n) is 9.54. The number of halogens is 1. The summed E-state index contributed by atoms with van der Waals surface area (Å²) in [6, 6.07) is 2.08. The maximum atomic E-state index is 5.40. The summed E-state index contributed by atoms with van der Waals surface area (Å²) in [5.74, 6) is 0.922. The molecule has 0 spiro atoms. The molecule has 1 aromatic rings. The summed E-state index contributed by atoms with van der Waals surface area (Å²) in [6.45, 7) is 7.96. The van der Waals surface area contributed by atoms with Crippen LogP contribution in [-0.4, -0.2) is 19.8 Å². The Kier molecular flexibility index (Phi) is 6.45. The Hall–Kier alpha value is -0.580. The first-order valence-corrected chi connectivity index (χ1v) is 6.20. The van der Waals surface area contributed by atoms with Gasteiger partial charge in [0.15, 0.2) is 0 Å². The second-order valence-corrected chi connectivity index (χ2v) is 4.35. The van der Waals surface area contributed by atoms with Crippen LogP contribution in [0.1, 0.15) is 25.1 Å². The van der Waals surface area contributed by atoms with Crippen molar-refractivity contribution in [2.45, 2.75) is 19.4 Å². The smallest absolute Gasteiger partial charge is 0.134 e. The third-order valence-corrected chi connectivity index (χ3v) is 2.86. The van der Waals surface area contributed by atoms with Gasteiger partial charge in [0.1, 0.15) is 5.76 Å². The van der Waals surface area contributed by atoms with Crippen LogP contribution in [0.25, 0.3) is 0 Å². The third kappa shape index (κ3) is 4.51. The maximum Gasteiger partial charge on any atom is 0.134 e. The minimum absolute atomic E-state index is 0.187. The van der Waals surface area contributed by atoms with E-state index in [-0.39, 0.29) is 6.04 Å². The van der Waals surface area contributed by atoms with E-state index >= 15 is 0 Å². The van der Waals surface area contributed by atoms with Gasteiger partial charge < -0.3 is 14.5 Å². The summed E-state index contributed by atoms with van der Waals surface area (Å²) >= 11 is 3.43. The van der Waals surface area contributed by atoms with E-state index in [2.05, 4.69) is 34.7 Å². The Labute approximate surface area is 105 Å². The highest BCUT2D eigenvalue weighted by Gasteiger charge is 2.11. The first-order chi connectivity index (χ1) is 7.75. The normalized spacial score (nSPS) is 12.6. The number of nitrogens with one attached hydrogen (secondary N) is 1. The Morgan fingerprint density at radius 2 is 2.44 bits per heavy atom. The number of hydrogen-bond donors (Lipinski definition) is 1. The first kappa shape index (κ1) is 13.5. The van der Waals surface area contributed by atoms with Gasteiger partial charge in [-0.15, -0.1) is 6.58 Å². The van der Waals surface area contributed by atoms with Crippen LogP contribution in [0.15, 0.2) is 33.9 Å². The van der Waals surface area contributed by atoms with Crippen LogP contribution >= 0.6 is 15.9 Å². The highest BCUT2D eigenvalue weighted by atomic mass is 79.9. The van der Waals surface area contributed by atoms with E-state index in [0.717, 1.165) is 29.8 Å². The van der Waals surface area contributed by atoms with Gasteiger partial charge in [0.2, 0.25) is 0 Å². The monoisotopic (exact) mass is 287 g/mol. The Morgan fingerprint density at radius 3 is 3.06 bits per heavy atom. The fourth-order valence-corrected chi connectivity index (χ4v) is 1.87. The van der Waals surface area contributed by atoms with E-state index in [1.54, 1.807) is 6.26 Å². The molecular formula is C12H18BrNO2. The van der Waals surface area contributed by atoms with Crippen molar-refractivity contribution in [3.8, 4) is 0 Å². The molecule has 3 nitrogen and oxygen atoms in total. The molecule has 1 unspecified atom stereocenters. The maximum absolute atomic E-state index is 5.40. The zero-order chi connectivity index (χ0) is 11.8. The van der Waals surface area contributed by atoms with E-state index in [4.69, 9.17) is 9.15 Å². The number of rotatable bonds is 8. The minimum Gasteiger partial charge on any atom is -0.466 e. The molecule has 4 heteroatoms. The molecule has 0 saturated carbocycles. The van der Waals surface area contributed by atoms with E-state index in [1.807, 2.05) is 12.1 Å². The van der Waals surface area contributed by atoms with Crippen molar-refractivity contribution in [3.63, 3.8) is 0 Å². The third-order valence-electron chi connectivity index (χ3n) is 2.20. The van der Waals surface area contributed by atoms with Gasteiger partial charge >= 0.3 is 0 Å². The molecule has 1 heterocycles. The van der Waals surface area contributed by atoms with Gasteiger partial charge in [-0.2, -0.15) is 0 Å². The molecule has 0 saturated heterocycles. The van der Waals surface area contributed by atoms with Gasteiger partial charge in [-0.3, -0.25) is 0 Å². The minimum atomic E-state index is 0.187. The molecule has 0 aliphatic carbocycles. The molecule has 0 amide bonds. The number of furan rings is 1. The topological polar surface area (TPSA) is 34.4 Å². The predicted molar refractivity (Wildman–Crippen MR) is 68.5 cm³/mol. The Morgan fingerprint density at radius 1 is 1.62 bits per heavy atom. The van der Waals surface area contributed by atoms with Crippen LogP contribution in [0, 0.1) is 0 Å². The summed E-state index contributed by atoms with van der Waals surface area (Å²) in [6.07, 6.45) is 4.44. The van der Waals surface area contributed by atoms with Crippen LogP contribution in [0.5, 0.6) is 0 Å². The lowest BCUT2D eigenvalue weighted by atomic mass is 10.2. The fraction of sp³-hybridized carbons (Fsp3) is 0.500. The molecule has 90 valence electrons. The van der Waals surface area contributed by atoms with Crippen LogP contribution in [-0.2, 0) is 4.74 Å². The van der Waals surface area contributed by atoms with Crippen molar-refractivity contribution in [1.29, 1.82) is 0 Å². The lowest BCUT2D eigenvalue weighted by Gasteiger charge is -2.11. The van der Waals surface area contributed by atoms with E-state index in [1.165, 1.54) is 0 Å². The first-order valence-electron chi connectivity index (χ1n) is 5.40. The molecule has 0 bridgehead atoms. The number of ether oxygens (including phenoxy) is 1. The fourth-order valence-electron chi connectivity index (χ4n) is 1.32. The lowest BCUT2D eigenvalue weighted by Crippen LogP contribution is -2.23. The van der Waals surface area contributed by atoms with Crippen molar-refractivity contribution < 1.29 is 9.15 Å². The second kappa shape index (κ2) is 7.65. The molecule has 1 N–H and O–H groups in total. The SMILES string of the molecule is C=CCCOCCNC(C)c1occc1Br. The molecule has 16 heavy (non-hydrogen) atoms. The van der Waals surface area contributed by atoms with Gasteiger partial charge in [0, 0.05) is 6.54 Å². The average molecular weight is 288 g/mol. The van der Waals surface area contributed by atoms with Crippen molar-refractivity contribution in [2.75, 3.05) is 19.8 Å². The van der Waals surface area contributed by atoms with Crippen LogP contribution < -0.4 is 5.32 Å². The summed E-state index contributed by atoms with van der Waals surface area (Å²) < 4.78 is 11.8. The Bertz CT molecular complexity index is 312. The van der Waals surface area contributed by atoms with Gasteiger partial charge in [0.05, 0.1) is 30.0 Å². The van der Waals surface area contributed by atoms with Crippen LogP contribution in [0.3, 0.4) is 0 Å². The van der Waals surface area contributed by atoms with Crippen LogP contribution in [0.4, 0.5) is 0 Å². The van der Waals surface area contributed by atoms with Crippen molar-refractivity contribution in [1.82, 2.24) is 5.32 Å². The molecule has 1 atom stereocenters. The average Bonchev–Trinajstić information content (AvgIpc) is 2.69. The molecule has 1 aromatic heterocycles. The van der Waals surface area contributed by atoms with Crippen molar-refractivity contribution in [3.05, 3.63) is 35.2 Å². The van der Waals surface area contributed by atoms with Gasteiger partial charge in [-0.1, -0.05) is 6.08 Å². The van der Waals surface area contributed by atoms with Gasteiger partial charge in [-0.25, -0.2) is 0 Å². The molecular weight excluding hydrogens is 270 g/mol. The highest BCUT2D eigenvalue weighted by molar-refractivity contribution is 9.10. The molecule has 0 aliphatic heterocycles. The van der Waals surface area contributed by atoms with Gasteiger partial charge in [-0.05, 0) is 35.3 Å². The summed E-state index contributed by atoms with van der Waals surface area (Å²) in [5, 5.41) is 3.33. The molecule has 1 rings (SSSR count).